The Balaban J connectivity index is 1.04. The zero-order valence-electron chi connectivity index (χ0n) is 37.8. The molecule has 0 unspecified atom stereocenters. The number of hydrogen-bond donors (Lipinski definition) is 1. The van der Waals surface area contributed by atoms with Gasteiger partial charge in [-0.2, -0.15) is 0 Å². The number of benzene rings is 6. The van der Waals surface area contributed by atoms with Crippen LogP contribution in [-0.4, -0.2) is 68.8 Å². The highest BCUT2D eigenvalue weighted by molar-refractivity contribution is 6.91. The van der Waals surface area contributed by atoms with Gasteiger partial charge in [0.25, 0.3) is 11.8 Å². The highest BCUT2D eigenvalue weighted by Gasteiger charge is 2.66. The van der Waals surface area contributed by atoms with E-state index in [0.29, 0.717) is 58.4 Å². The third-order valence-electron chi connectivity index (χ3n) is 14.5. The first kappa shape index (κ1) is 43.2. The number of carbonyl (C=O) groups excluding carboxylic acids is 3. The second kappa shape index (κ2) is 16.9. The zero-order chi connectivity index (χ0) is 45.9. The van der Waals surface area contributed by atoms with Gasteiger partial charge in [-0.05, 0) is 95.4 Å². The Labute approximate surface area is 386 Å². The lowest BCUT2D eigenvalue weighted by molar-refractivity contribution is -0.151. The zero-order valence-corrected chi connectivity index (χ0v) is 38.8. The lowest BCUT2D eigenvalue weighted by Gasteiger charge is -2.39. The number of aliphatic hydroxyl groups is 1. The summed E-state index contributed by atoms with van der Waals surface area (Å²) < 4.78 is 25.0. The molecule has 10 rings (SSSR count). The summed E-state index contributed by atoms with van der Waals surface area (Å²) >= 11 is 0. The maximum Gasteiger partial charge on any atom is 0.266 e. The van der Waals surface area contributed by atoms with E-state index in [1.54, 1.807) is 41.1 Å². The Morgan fingerprint density at radius 1 is 0.788 bits per heavy atom. The molecule has 6 aromatic carbocycles. The van der Waals surface area contributed by atoms with Gasteiger partial charge < -0.3 is 33.9 Å². The minimum Gasteiger partial charge on any atom is -0.497 e. The number of hydrogen-bond acceptors (Lipinski definition) is 8. The topological polar surface area (TPSA) is 118 Å². The average Bonchev–Trinajstić information content (AvgIpc) is 3.71. The fraction of sp³-hybridized carbons (Fsp3) is 0.278. The van der Waals surface area contributed by atoms with E-state index in [9.17, 15) is 14.7 Å². The standard InChI is InChI=1S/C54H53N3O8Si/c1-34-51(66(4,5)42-24-21-40(62-2)22-25-42)49(30-50(59)55-32-37-15-7-6-14-36(37)28-39(55)33-58)65-54(34)44-29-41(63-3)23-26-45(44)56(53(54)61)31-35-13-12-16-38(27-35)57-46-18-9-11-20-48(46)64-47-19-10-8-17-43(47)52(57)60/h6-27,29,34,39,49,51,58H,28,30-33H2,1-5H3/t34-,39-,49+,51-,54+/m0/s1. The van der Waals surface area contributed by atoms with Crippen molar-refractivity contribution in [2.24, 2.45) is 5.92 Å². The lowest BCUT2D eigenvalue weighted by Crippen LogP contribution is -2.52. The van der Waals surface area contributed by atoms with Crippen LogP contribution in [0.25, 0.3) is 0 Å². The number of anilines is 3. The van der Waals surface area contributed by atoms with Crippen LogP contribution in [0.2, 0.25) is 18.6 Å². The van der Waals surface area contributed by atoms with Gasteiger partial charge in [0.1, 0.15) is 17.2 Å². The van der Waals surface area contributed by atoms with Gasteiger partial charge in [0.15, 0.2) is 11.4 Å². The summed E-state index contributed by atoms with van der Waals surface area (Å²) in [5, 5.41) is 11.8. The third-order valence-corrected chi connectivity index (χ3v) is 18.8. The number of nitrogens with zero attached hydrogens (tertiary/aromatic N) is 3. The molecular formula is C54H53N3O8Si. The van der Waals surface area contributed by atoms with E-state index in [1.807, 2.05) is 109 Å². The van der Waals surface area contributed by atoms with E-state index in [-0.39, 0.29) is 54.8 Å². The van der Waals surface area contributed by atoms with Crippen LogP contribution in [0.15, 0.2) is 140 Å². The van der Waals surface area contributed by atoms with Crippen molar-refractivity contribution in [3.05, 3.63) is 167 Å². The van der Waals surface area contributed by atoms with Gasteiger partial charge in [0.2, 0.25) is 5.91 Å². The first-order chi connectivity index (χ1) is 32.0. The Hall–Kier alpha value is -6.73. The van der Waals surface area contributed by atoms with Crippen molar-refractivity contribution in [3.8, 4) is 23.0 Å². The number of rotatable bonds is 10. The number of carbonyl (C=O) groups is 3. The molecule has 3 amide bonds. The molecule has 5 atom stereocenters. The number of aliphatic hydroxyl groups excluding tert-OH is 1. The molecule has 11 nitrogen and oxygen atoms in total. The molecule has 0 aliphatic carbocycles. The summed E-state index contributed by atoms with van der Waals surface area (Å²) in [6, 6.07) is 43.9. The van der Waals surface area contributed by atoms with E-state index in [1.165, 1.54) is 0 Å². The van der Waals surface area contributed by atoms with Gasteiger partial charge in [0.05, 0.1) is 70.9 Å². The second-order valence-corrected chi connectivity index (χ2v) is 23.0. The molecule has 0 radical (unpaired) electrons. The summed E-state index contributed by atoms with van der Waals surface area (Å²) in [6.07, 6.45) is -0.0473. The molecule has 4 heterocycles. The number of fused-ring (bicyclic) bond motifs is 5. The molecule has 4 aliphatic rings. The maximum atomic E-state index is 15.8. The highest BCUT2D eigenvalue weighted by Crippen LogP contribution is 2.61. The number of amides is 3. The van der Waals surface area contributed by atoms with Gasteiger partial charge in [-0.25, -0.2) is 0 Å². The van der Waals surface area contributed by atoms with Gasteiger partial charge in [-0.1, -0.05) is 98.0 Å². The first-order valence-electron chi connectivity index (χ1n) is 22.6. The molecule has 12 heteroatoms. The molecule has 1 spiro atoms. The van der Waals surface area contributed by atoms with Crippen molar-refractivity contribution in [1.29, 1.82) is 0 Å². The van der Waals surface area contributed by atoms with E-state index >= 15 is 4.79 Å². The van der Waals surface area contributed by atoms with Crippen molar-refractivity contribution in [2.75, 3.05) is 30.6 Å². The van der Waals surface area contributed by atoms with Crippen LogP contribution in [0, 0.1) is 5.92 Å². The minimum absolute atomic E-state index is 0.0365. The fourth-order valence-corrected chi connectivity index (χ4v) is 15.2. The smallest absolute Gasteiger partial charge is 0.266 e. The molecule has 336 valence electrons. The molecule has 6 aromatic rings. The third kappa shape index (κ3) is 7.06. The molecule has 1 N–H and O–H groups in total. The molecule has 1 fully saturated rings. The predicted octanol–water partition coefficient (Wildman–Crippen LogP) is 8.89. The van der Waals surface area contributed by atoms with Crippen molar-refractivity contribution in [3.63, 3.8) is 0 Å². The number of ether oxygens (including phenoxy) is 4. The quantitative estimate of drug-likeness (QED) is 0.136. The average molecular weight is 900 g/mol. The van der Waals surface area contributed by atoms with Crippen LogP contribution in [0.1, 0.15) is 46.0 Å². The van der Waals surface area contributed by atoms with Crippen LogP contribution in [-0.2, 0) is 39.4 Å². The van der Waals surface area contributed by atoms with Crippen LogP contribution in [0.4, 0.5) is 17.1 Å². The molecule has 0 bridgehead atoms. The monoisotopic (exact) mass is 899 g/mol. The summed E-state index contributed by atoms with van der Waals surface area (Å²) in [6.45, 7) is 7.10. The summed E-state index contributed by atoms with van der Waals surface area (Å²) in [5.41, 5.74) is 4.38. The Morgan fingerprint density at radius 2 is 1.48 bits per heavy atom. The van der Waals surface area contributed by atoms with Crippen molar-refractivity contribution in [2.45, 2.75) is 69.2 Å². The Kier molecular flexibility index (Phi) is 11.1. The Bertz CT molecular complexity index is 2870. The van der Waals surface area contributed by atoms with Gasteiger partial charge in [-0.15, -0.1) is 0 Å². The summed E-state index contributed by atoms with van der Waals surface area (Å²) in [4.78, 5) is 50.2. The van der Waals surface area contributed by atoms with Crippen molar-refractivity contribution >= 4 is 48.0 Å². The second-order valence-electron chi connectivity index (χ2n) is 18.3. The largest absolute Gasteiger partial charge is 0.497 e. The van der Waals surface area contributed by atoms with Crippen LogP contribution >= 0.6 is 0 Å². The normalized spacial score (nSPS) is 22.0. The van der Waals surface area contributed by atoms with Crippen molar-refractivity contribution in [1.82, 2.24) is 4.90 Å². The van der Waals surface area contributed by atoms with Crippen LogP contribution in [0.5, 0.6) is 23.0 Å². The Morgan fingerprint density at radius 3 is 2.24 bits per heavy atom. The molecule has 1 saturated heterocycles. The number of methoxy groups -OCH3 is 2. The molecule has 4 aliphatic heterocycles. The molecule has 0 saturated carbocycles. The van der Waals surface area contributed by atoms with Gasteiger partial charge in [-0.3, -0.25) is 19.3 Å². The lowest BCUT2D eigenvalue weighted by atomic mass is 9.82. The first-order valence-corrected chi connectivity index (χ1v) is 25.6. The van der Waals surface area contributed by atoms with Crippen LogP contribution in [0.3, 0.4) is 0 Å². The predicted molar refractivity (Wildman–Crippen MR) is 256 cm³/mol. The minimum atomic E-state index is -2.61. The highest BCUT2D eigenvalue weighted by atomic mass is 28.3. The maximum absolute atomic E-state index is 15.8. The fourth-order valence-electron chi connectivity index (χ4n) is 11.2. The van der Waals surface area contributed by atoms with E-state index in [0.717, 1.165) is 27.6 Å². The van der Waals surface area contributed by atoms with E-state index in [2.05, 4.69) is 38.2 Å². The SMILES string of the molecule is COc1ccc([Si](C)(C)[C@@H]2[C@@H](CC(=O)N3Cc4ccccc4C[C@H]3CO)O[C@]3(C(=O)N(Cc4cccc(N5C(=O)c6ccccc6Oc6ccccc65)c4)c4ccc(OC)cc43)[C@H]2C)cc1. The van der Waals surface area contributed by atoms with Gasteiger partial charge in [0, 0.05) is 23.7 Å². The van der Waals surface area contributed by atoms with E-state index in [4.69, 9.17) is 18.9 Å². The van der Waals surface area contributed by atoms with Crippen LogP contribution < -0.4 is 29.2 Å². The summed E-state index contributed by atoms with van der Waals surface area (Å²) in [7, 11) is 0.645. The molecular weight excluding hydrogens is 847 g/mol. The van der Waals surface area contributed by atoms with E-state index < -0.39 is 19.8 Å². The van der Waals surface area contributed by atoms with Gasteiger partial charge >= 0.3 is 0 Å². The molecule has 0 aromatic heterocycles. The molecule has 66 heavy (non-hydrogen) atoms. The van der Waals surface area contributed by atoms with Crippen molar-refractivity contribution < 1.29 is 38.4 Å². The number of para-hydroxylation sites is 3. The summed E-state index contributed by atoms with van der Waals surface area (Å²) in [5.74, 6) is 1.41.